The van der Waals surface area contributed by atoms with Gasteiger partial charge in [0.15, 0.2) is 0 Å². The number of nitrogens with zero attached hydrogens (tertiary/aromatic N) is 1. The molecule has 0 aromatic rings. The Bertz CT molecular complexity index is 156. The zero-order valence-corrected chi connectivity index (χ0v) is 7.69. The fourth-order valence-electron chi connectivity index (χ4n) is 1.66. The first-order chi connectivity index (χ1) is 6.04. The van der Waals surface area contributed by atoms with Crippen molar-refractivity contribution in [3.05, 3.63) is 0 Å². The van der Waals surface area contributed by atoms with Gasteiger partial charge in [-0.2, -0.15) is 13.2 Å². The van der Waals surface area contributed by atoms with E-state index in [4.69, 9.17) is 0 Å². The predicted molar refractivity (Wildman–Crippen MR) is 44.3 cm³/mol. The highest BCUT2D eigenvalue weighted by Gasteiger charge is 2.39. The van der Waals surface area contributed by atoms with Crippen LogP contribution in [0.2, 0.25) is 0 Å². The van der Waals surface area contributed by atoms with Crippen molar-refractivity contribution in [3.63, 3.8) is 0 Å². The van der Waals surface area contributed by atoms with Gasteiger partial charge in [0.1, 0.15) is 0 Å². The Kier molecular flexibility index (Phi) is 3.55. The highest BCUT2D eigenvalue weighted by Crippen LogP contribution is 2.25. The second-order valence-corrected chi connectivity index (χ2v) is 3.31. The van der Waals surface area contributed by atoms with E-state index in [1.165, 1.54) is 0 Å². The van der Waals surface area contributed by atoms with Gasteiger partial charge in [0.05, 0.1) is 0 Å². The normalized spacial score (nSPS) is 26.3. The fraction of sp³-hybridized carbons (Fsp3) is 1.00. The number of hydrogen-bond acceptors (Lipinski definition) is 2. The summed E-state index contributed by atoms with van der Waals surface area (Å²) in [5, 5.41) is 3.04. The molecular weight excluding hydrogens is 181 g/mol. The Morgan fingerprint density at radius 1 is 1.46 bits per heavy atom. The average molecular weight is 196 g/mol. The van der Waals surface area contributed by atoms with Crippen molar-refractivity contribution in [2.24, 2.45) is 0 Å². The lowest BCUT2D eigenvalue weighted by atomic mass is 10.1. The van der Waals surface area contributed by atoms with E-state index in [-0.39, 0.29) is 19.1 Å². The summed E-state index contributed by atoms with van der Waals surface area (Å²) in [5.41, 5.74) is 0. The molecule has 1 rings (SSSR count). The van der Waals surface area contributed by atoms with Crippen LogP contribution in [0.25, 0.3) is 0 Å². The first-order valence-electron chi connectivity index (χ1n) is 4.59. The molecule has 1 aliphatic rings. The van der Waals surface area contributed by atoms with Gasteiger partial charge in [0.25, 0.3) is 0 Å². The Balaban J connectivity index is 2.42. The minimum absolute atomic E-state index is 0.000347. The van der Waals surface area contributed by atoms with Gasteiger partial charge in [-0.05, 0) is 19.4 Å². The number of piperidine rings is 1. The van der Waals surface area contributed by atoms with E-state index in [1.54, 1.807) is 0 Å². The zero-order valence-electron chi connectivity index (χ0n) is 7.69. The molecule has 0 bridgehead atoms. The maximum atomic E-state index is 12.3. The number of nitrogens with one attached hydrogen (secondary N) is 1. The third-order valence-electron chi connectivity index (χ3n) is 2.27. The zero-order chi connectivity index (χ0) is 9.90. The summed E-state index contributed by atoms with van der Waals surface area (Å²) in [5.74, 6) is 0. The lowest BCUT2D eigenvalue weighted by Crippen LogP contribution is -2.51. The molecule has 1 aliphatic heterocycles. The molecule has 1 fully saturated rings. The molecule has 78 valence electrons. The van der Waals surface area contributed by atoms with Crippen molar-refractivity contribution in [1.82, 2.24) is 10.2 Å². The molecule has 0 spiro atoms. The van der Waals surface area contributed by atoms with Gasteiger partial charge < -0.3 is 5.32 Å². The molecule has 1 saturated heterocycles. The molecule has 0 aromatic carbocycles. The molecular formula is C8H15F3N2. The Hall–Kier alpha value is -0.290. The van der Waals surface area contributed by atoms with Crippen molar-refractivity contribution in [2.45, 2.75) is 32.1 Å². The number of likely N-dealkylation sites (N-methyl/N-ethyl adjacent to an activating group) is 1. The van der Waals surface area contributed by atoms with Crippen molar-refractivity contribution in [2.75, 3.05) is 19.6 Å². The number of alkyl halides is 3. The summed E-state index contributed by atoms with van der Waals surface area (Å²) in [6.45, 7) is 2.88. The first kappa shape index (κ1) is 10.8. The van der Waals surface area contributed by atoms with Gasteiger partial charge in [0, 0.05) is 19.1 Å². The van der Waals surface area contributed by atoms with E-state index >= 15 is 0 Å². The van der Waals surface area contributed by atoms with Gasteiger partial charge in [-0.1, -0.05) is 6.92 Å². The maximum absolute atomic E-state index is 12.3. The third-order valence-corrected chi connectivity index (χ3v) is 2.27. The van der Waals surface area contributed by atoms with Crippen LogP contribution in [0.3, 0.4) is 0 Å². The van der Waals surface area contributed by atoms with Gasteiger partial charge in [-0.25, -0.2) is 4.90 Å². The topological polar surface area (TPSA) is 15.3 Å². The molecule has 0 radical (unpaired) electrons. The minimum atomic E-state index is -4.16. The smallest absolute Gasteiger partial charge is 0.313 e. The predicted octanol–water partition coefficient (Wildman–Crippen LogP) is 1.58. The van der Waals surface area contributed by atoms with E-state index < -0.39 is 6.30 Å². The fourth-order valence-corrected chi connectivity index (χ4v) is 1.66. The van der Waals surface area contributed by atoms with Crippen LogP contribution in [-0.4, -0.2) is 36.9 Å². The lowest BCUT2D eigenvalue weighted by molar-refractivity contribution is -0.251. The molecule has 0 aliphatic carbocycles. The molecule has 0 aromatic heterocycles. The maximum Gasteiger partial charge on any atom is 0.459 e. The third kappa shape index (κ3) is 3.15. The first-order valence-corrected chi connectivity index (χ1v) is 4.59. The van der Waals surface area contributed by atoms with Crippen LogP contribution >= 0.6 is 0 Å². The molecule has 0 unspecified atom stereocenters. The van der Waals surface area contributed by atoms with Crippen LogP contribution in [0.15, 0.2) is 0 Å². The molecule has 5 heteroatoms. The van der Waals surface area contributed by atoms with Crippen molar-refractivity contribution in [1.29, 1.82) is 0 Å². The van der Waals surface area contributed by atoms with Gasteiger partial charge in [0.2, 0.25) is 0 Å². The van der Waals surface area contributed by atoms with E-state index in [0.29, 0.717) is 11.3 Å². The van der Waals surface area contributed by atoms with Crippen molar-refractivity contribution < 1.29 is 13.2 Å². The number of rotatable bonds is 2. The van der Waals surface area contributed by atoms with Crippen LogP contribution in [0.4, 0.5) is 13.2 Å². The highest BCUT2D eigenvalue weighted by molar-refractivity contribution is 4.78. The Labute approximate surface area is 76.1 Å². The van der Waals surface area contributed by atoms with E-state index in [1.807, 2.05) is 6.92 Å². The molecule has 1 heterocycles. The van der Waals surface area contributed by atoms with Crippen LogP contribution in [-0.2, 0) is 0 Å². The van der Waals surface area contributed by atoms with E-state index in [2.05, 4.69) is 5.32 Å². The molecule has 13 heavy (non-hydrogen) atoms. The second kappa shape index (κ2) is 4.28. The monoisotopic (exact) mass is 196 g/mol. The Morgan fingerprint density at radius 2 is 2.15 bits per heavy atom. The van der Waals surface area contributed by atoms with Crippen LogP contribution in [0, 0.1) is 0 Å². The quantitative estimate of drug-likeness (QED) is 0.674. The minimum Gasteiger partial charge on any atom is -0.313 e. The summed E-state index contributed by atoms with van der Waals surface area (Å²) < 4.78 is 36.8. The standard InChI is InChI=1S/C8H15F3N2/c1-2-12-7-4-3-5-13(6-7)8(9,10)11/h7,12H,2-6H2,1H3/t7-/m1/s1. The largest absolute Gasteiger partial charge is 0.459 e. The average Bonchev–Trinajstić information content (AvgIpc) is 2.04. The highest BCUT2D eigenvalue weighted by atomic mass is 19.4. The van der Waals surface area contributed by atoms with Gasteiger partial charge in [-0.3, -0.25) is 0 Å². The van der Waals surface area contributed by atoms with Crippen molar-refractivity contribution >= 4 is 0 Å². The van der Waals surface area contributed by atoms with Gasteiger partial charge >= 0.3 is 6.30 Å². The molecule has 1 N–H and O–H groups in total. The molecule has 1 atom stereocenters. The van der Waals surface area contributed by atoms with Crippen LogP contribution < -0.4 is 5.32 Å². The second-order valence-electron chi connectivity index (χ2n) is 3.31. The lowest BCUT2D eigenvalue weighted by Gasteiger charge is -2.33. The van der Waals surface area contributed by atoms with E-state index in [9.17, 15) is 13.2 Å². The van der Waals surface area contributed by atoms with Gasteiger partial charge in [-0.15, -0.1) is 0 Å². The molecule has 0 amide bonds. The summed E-state index contributed by atoms with van der Waals surface area (Å²) in [6, 6.07) is 0.000347. The number of likely N-dealkylation sites (tertiary alicyclic amines) is 1. The SMILES string of the molecule is CCN[C@@H]1CCCN(C(F)(F)F)C1. The number of halogens is 3. The van der Waals surface area contributed by atoms with Crippen molar-refractivity contribution in [3.8, 4) is 0 Å². The van der Waals surface area contributed by atoms with E-state index in [0.717, 1.165) is 13.0 Å². The summed E-state index contributed by atoms with van der Waals surface area (Å²) in [4.78, 5) is 0.587. The molecule has 0 saturated carbocycles. The Morgan fingerprint density at radius 3 is 2.69 bits per heavy atom. The number of hydrogen-bond donors (Lipinski definition) is 1. The summed E-state index contributed by atoms with van der Waals surface area (Å²) >= 11 is 0. The summed E-state index contributed by atoms with van der Waals surface area (Å²) in [6.07, 6.45) is -2.69. The van der Waals surface area contributed by atoms with Crippen LogP contribution in [0.5, 0.6) is 0 Å². The summed E-state index contributed by atoms with van der Waals surface area (Å²) in [7, 11) is 0. The molecule has 2 nitrogen and oxygen atoms in total. The van der Waals surface area contributed by atoms with Crippen LogP contribution in [0.1, 0.15) is 19.8 Å².